The molecule has 2 aromatic heterocycles. The number of hydrogen-bond acceptors (Lipinski definition) is 4. The van der Waals surface area contributed by atoms with Crippen LogP contribution in [-0.4, -0.2) is 15.9 Å². The molecule has 1 atom stereocenters. The summed E-state index contributed by atoms with van der Waals surface area (Å²) in [7, 11) is 0. The van der Waals surface area contributed by atoms with E-state index in [0.717, 1.165) is 22.0 Å². The van der Waals surface area contributed by atoms with Crippen LogP contribution >= 0.6 is 11.6 Å². The zero-order valence-corrected chi connectivity index (χ0v) is 15.7. The minimum atomic E-state index is -0.450. The third kappa shape index (κ3) is 3.93. The maximum atomic E-state index is 12.3. The second kappa shape index (κ2) is 7.88. The molecule has 0 bridgehead atoms. The standard InChI is InChI=1S/C21H19ClN4O2/c22-15-5-3-4-13(8-15)10-25-20(27)19-12-28-21(26-19)17(23)9-14-11-24-18-7-2-1-6-16(14)18/h1-8,11-12,17,24H,9-10,23H2,(H,25,27). The molecule has 4 rings (SSSR count). The molecule has 1 amide bonds. The van der Waals surface area contributed by atoms with E-state index in [-0.39, 0.29) is 11.6 Å². The molecular weight excluding hydrogens is 376 g/mol. The molecule has 142 valence electrons. The molecule has 6 nitrogen and oxygen atoms in total. The van der Waals surface area contributed by atoms with E-state index in [1.807, 2.05) is 42.6 Å². The van der Waals surface area contributed by atoms with Gasteiger partial charge in [0.2, 0.25) is 5.89 Å². The average Bonchev–Trinajstić information content (AvgIpc) is 3.34. The maximum Gasteiger partial charge on any atom is 0.273 e. The third-order valence-corrected chi connectivity index (χ3v) is 4.76. The number of aromatic nitrogens is 2. The van der Waals surface area contributed by atoms with E-state index in [2.05, 4.69) is 15.3 Å². The van der Waals surface area contributed by atoms with Crippen molar-refractivity contribution in [2.45, 2.75) is 19.0 Å². The first-order valence-electron chi connectivity index (χ1n) is 8.89. The topological polar surface area (TPSA) is 96.9 Å². The summed E-state index contributed by atoms with van der Waals surface area (Å²) in [5.41, 5.74) is 9.49. The van der Waals surface area contributed by atoms with Crippen molar-refractivity contribution in [1.29, 1.82) is 0 Å². The van der Waals surface area contributed by atoms with Crippen molar-refractivity contribution in [2.24, 2.45) is 5.73 Å². The molecule has 7 heteroatoms. The van der Waals surface area contributed by atoms with Crippen LogP contribution in [0.3, 0.4) is 0 Å². The zero-order chi connectivity index (χ0) is 19.5. The van der Waals surface area contributed by atoms with Gasteiger partial charge in [-0.15, -0.1) is 0 Å². The second-order valence-corrected chi connectivity index (χ2v) is 6.99. The fraction of sp³-hybridized carbons (Fsp3) is 0.143. The Morgan fingerprint density at radius 3 is 2.96 bits per heavy atom. The smallest absolute Gasteiger partial charge is 0.273 e. The SMILES string of the molecule is NC(Cc1c[nH]c2ccccc12)c1nc(C(=O)NCc2cccc(Cl)c2)co1. The van der Waals surface area contributed by atoms with Crippen molar-refractivity contribution >= 4 is 28.4 Å². The van der Waals surface area contributed by atoms with E-state index >= 15 is 0 Å². The van der Waals surface area contributed by atoms with Gasteiger partial charge in [-0.3, -0.25) is 4.79 Å². The van der Waals surface area contributed by atoms with E-state index in [9.17, 15) is 4.79 Å². The molecule has 1 unspecified atom stereocenters. The number of benzene rings is 2. The number of fused-ring (bicyclic) bond motifs is 1. The van der Waals surface area contributed by atoms with Crippen molar-refractivity contribution in [1.82, 2.24) is 15.3 Å². The summed E-state index contributed by atoms with van der Waals surface area (Å²) >= 11 is 5.95. The molecule has 0 radical (unpaired) electrons. The van der Waals surface area contributed by atoms with E-state index in [4.69, 9.17) is 21.8 Å². The lowest BCUT2D eigenvalue weighted by Gasteiger charge is -2.06. The summed E-state index contributed by atoms with van der Waals surface area (Å²) < 4.78 is 5.45. The Morgan fingerprint density at radius 2 is 2.11 bits per heavy atom. The highest BCUT2D eigenvalue weighted by Crippen LogP contribution is 2.23. The molecule has 28 heavy (non-hydrogen) atoms. The highest BCUT2D eigenvalue weighted by Gasteiger charge is 2.18. The van der Waals surface area contributed by atoms with Crippen LogP contribution in [0.2, 0.25) is 5.02 Å². The number of nitrogens with one attached hydrogen (secondary N) is 2. The van der Waals surface area contributed by atoms with Gasteiger partial charge in [0.25, 0.3) is 5.91 Å². The van der Waals surface area contributed by atoms with Gasteiger partial charge in [-0.25, -0.2) is 4.98 Å². The monoisotopic (exact) mass is 394 g/mol. The Labute approximate surface area is 166 Å². The van der Waals surface area contributed by atoms with E-state index in [1.165, 1.54) is 6.26 Å². The van der Waals surface area contributed by atoms with Gasteiger partial charge < -0.3 is 20.5 Å². The fourth-order valence-corrected chi connectivity index (χ4v) is 3.32. The number of nitrogens with two attached hydrogens (primary N) is 1. The van der Waals surface area contributed by atoms with E-state index in [0.29, 0.717) is 23.9 Å². The molecule has 2 heterocycles. The number of carbonyl (C=O) groups is 1. The number of nitrogens with zero attached hydrogens (tertiary/aromatic N) is 1. The summed E-state index contributed by atoms with van der Waals surface area (Å²) in [4.78, 5) is 19.8. The van der Waals surface area contributed by atoms with Crippen molar-refractivity contribution < 1.29 is 9.21 Å². The molecule has 4 N–H and O–H groups in total. The highest BCUT2D eigenvalue weighted by molar-refractivity contribution is 6.30. The summed E-state index contributed by atoms with van der Waals surface area (Å²) in [6.07, 6.45) is 3.82. The molecule has 0 aliphatic rings. The van der Waals surface area contributed by atoms with Crippen LogP contribution in [0.1, 0.15) is 33.5 Å². The van der Waals surface area contributed by atoms with Crippen LogP contribution < -0.4 is 11.1 Å². The Morgan fingerprint density at radius 1 is 1.25 bits per heavy atom. The number of amides is 1. The van der Waals surface area contributed by atoms with E-state index < -0.39 is 6.04 Å². The number of para-hydroxylation sites is 1. The predicted molar refractivity (Wildman–Crippen MR) is 108 cm³/mol. The maximum absolute atomic E-state index is 12.3. The molecule has 0 aliphatic heterocycles. The Hall–Kier alpha value is -3.09. The van der Waals surface area contributed by atoms with Gasteiger partial charge in [0.15, 0.2) is 5.69 Å². The lowest BCUT2D eigenvalue weighted by molar-refractivity contribution is 0.0946. The van der Waals surface area contributed by atoms with Crippen LogP contribution in [-0.2, 0) is 13.0 Å². The van der Waals surface area contributed by atoms with Crippen molar-refractivity contribution in [2.75, 3.05) is 0 Å². The Kier molecular flexibility index (Phi) is 5.14. The van der Waals surface area contributed by atoms with Crippen molar-refractivity contribution in [3.63, 3.8) is 0 Å². The summed E-state index contributed by atoms with van der Waals surface area (Å²) in [6, 6.07) is 14.9. The number of hydrogen-bond donors (Lipinski definition) is 3. The lowest BCUT2D eigenvalue weighted by atomic mass is 10.1. The number of aromatic amines is 1. The minimum absolute atomic E-state index is 0.200. The molecule has 4 aromatic rings. The predicted octanol–water partition coefficient (Wildman–Crippen LogP) is 3.98. The quantitative estimate of drug-likeness (QED) is 0.460. The first-order chi connectivity index (χ1) is 13.6. The number of halogens is 1. The van der Waals surface area contributed by atoms with Gasteiger partial charge in [0.1, 0.15) is 6.26 Å². The Bertz CT molecular complexity index is 1120. The van der Waals surface area contributed by atoms with Crippen LogP contribution in [0.25, 0.3) is 10.9 Å². The van der Waals surface area contributed by atoms with Gasteiger partial charge >= 0.3 is 0 Å². The Balaban J connectivity index is 1.41. The average molecular weight is 395 g/mol. The van der Waals surface area contributed by atoms with Crippen LogP contribution in [0.5, 0.6) is 0 Å². The molecule has 0 fully saturated rings. The molecule has 0 saturated carbocycles. The number of carbonyl (C=O) groups excluding carboxylic acids is 1. The minimum Gasteiger partial charge on any atom is -0.446 e. The summed E-state index contributed by atoms with van der Waals surface area (Å²) in [5.74, 6) is 0.00690. The number of rotatable bonds is 6. The number of oxazole rings is 1. The normalized spacial score (nSPS) is 12.2. The van der Waals surface area contributed by atoms with Crippen molar-refractivity contribution in [3.05, 3.63) is 88.7 Å². The number of H-pyrrole nitrogens is 1. The summed E-state index contributed by atoms with van der Waals surface area (Å²) in [5, 5.41) is 4.54. The van der Waals surface area contributed by atoms with Gasteiger partial charge in [0, 0.05) is 28.7 Å². The highest BCUT2D eigenvalue weighted by atomic mass is 35.5. The third-order valence-electron chi connectivity index (χ3n) is 4.53. The van der Waals surface area contributed by atoms with Crippen molar-refractivity contribution in [3.8, 4) is 0 Å². The first-order valence-corrected chi connectivity index (χ1v) is 9.26. The fourth-order valence-electron chi connectivity index (χ4n) is 3.11. The molecular formula is C21H19ClN4O2. The van der Waals surface area contributed by atoms with Crippen LogP contribution in [0.4, 0.5) is 0 Å². The van der Waals surface area contributed by atoms with Gasteiger partial charge in [-0.1, -0.05) is 41.9 Å². The van der Waals surface area contributed by atoms with E-state index in [1.54, 1.807) is 12.1 Å². The second-order valence-electron chi connectivity index (χ2n) is 6.55. The van der Waals surface area contributed by atoms with Gasteiger partial charge in [-0.2, -0.15) is 0 Å². The van der Waals surface area contributed by atoms with Gasteiger partial charge in [-0.05, 0) is 35.7 Å². The van der Waals surface area contributed by atoms with Crippen LogP contribution in [0.15, 0.2) is 65.4 Å². The van der Waals surface area contributed by atoms with Crippen LogP contribution in [0, 0.1) is 0 Å². The first kappa shape index (κ1) is 18.3. The largest absolute Gasteiger partial charge is 0.446 e. The zero-order valence-electron chi connectivity index (χ0n) is 15.0. The van der Waals surface area contributed by atoms with Gasteiger partial charge in [0.05, 0.1) is 6.04 Å². The summed E-state index contributed by atoms with van der Waals surface area (Å²) in [6.45, 7) is 0.350. The molecule has 2 aromatic carbocycles. The molecule has 0 saturated heterocycles. The molecule has 0 aliphatic carbocycles. The molecule has 0 spiro atoms. The lowest BCUT2D eigenvalue weighted by Crippen LogP contribution is -2.23.